The van der Waals surface area contributed by atoms with Crippen molar-refractivity contribution < 1.29 is 9.32 Å². The third-order valence-electron chi connectivity index (χ3n) is 3.72. The van der Waals surface area contributed by atoms with Crippen molar-refractivity contribution in [3.63, 3.8) is 0 Å². The van der Waals surface area contributed by atoms with Crippen molar-refractivity contribution in [1.29, 1.82) is 0 Å². The van der Waals surface area contributed by atoms with Crippen LogP contribution in [-0.2, 0) is 13.0 Å². The minimum atomic E-state index is -0.212. The lowest BCUT2D eigenvalue weighted by molar-refractivity contribution is 0.0946. The standard InChI is InChI=1S/C18H15N5O2S/c24-18(13-4-1-3-12(9-13)17-19-6-7-20-17)21-11-16-22-15(23-25-16)10-14-5-2-8-26-14/h1-9H,10-11H2,(H,19,20)(H,21,24). The number of rotatable bonds is 6. The molecule has 0 bridgehead atoms. The van der Waals surface area contributed by atoms with E-state index in [1.807, 2.05) is 29.6 Å². The lowest BCUT2D eigenvalue weighted by atomic mass is 10.1. The van der Waals surface area contributed by atoms with Crippen LogP contribution in [0.2, 0.25) is 0 Å². The van der Waals surface area contributed by atoms with Crippen molar-refractivity contribution in [3.8, 4) is 11.4 Å². The van der Waals surface area contributed by atoms with Crippen molar-refractivity contribution in [2.45, 2.75) is 13.0 Å². The Labute approximate surface area is 153 Å². The Balaban J connectivity index is 1.38. The Morgan fingerprint density at radius 3 is 3.04 bits per heavy atom. The molecule has 1 aromatic carbocycles. The fourth-order valence-electron chi connectivity index (χ4n) is 2.49. The molecule has 0 aliphatic rings. The summed E-state index contributed by atoms with van der Waals surface area (Å²) in [5.41, 5.74) is 1.39. The number of imidazole rings is 1. The molecule has 0 aliphatic heterocycles. The van der Waals surface area contributed by atoms with Gasteiger partial charge in [-0.05, 0) is 23.6 Å². The molecule has 3 aromatic heterocycles. The Morgan fingerprint density at radius 2 is 2.23 bits per heavy atom. The smallest absolute Gasteiger partial charge is 0.251 e. The summed E-state index contributed by atoms with van der Waals surface area (Å²) in [6.07, 6.45) is 4.04. The number of hydrogen-bond acceptors (Lipinski definition) is 6. The number of carbonyl (C=O) groups is 1. The van der Waals surface area contributed by atoms with Crippen LogP contribution in [-0.4, -0.2) is 26.0 Å². The van der Waals surface area contributed by atoms with Crippen LogP contribution in [0.4, 0.5) is 0 Å². The molecular weight excluding hydrogens is 350 g/mol. The number of hydrogen-bond donors (Lipinski definition) is 2. The van der Waals surface area contributed by atoms with Crippen molar-refractivity contribution in [2.24, 2.45) is 0 Å². The SMILES string of the molecule is O=C(NCc1nc(Cc2cccs2)no1)c1cccc(-c2ncc[nH]2)c1. The number of thiophene rings is 1. The van der Waals surface area contributed by atoms with Gasteiger partial charge in [0.05, 0.1) is 6.54 Å². The number of amides is 1. The zero-order chi connectivity index (χ0) is 17.8. The van der Waals surface area contributed by atoms with E-state index in [2.05, 4.69) is 25.4 Å². The van der Waals surface area contributed by atoms with Crippen LogP contribution < -0.4 is 5.32 Å². The average molecular weight is 365 g/mol. The lowest BCUT2D eigenvalue weighted by Crippen LogP contribution is -2.23. The molecule has 3 heterocycles. The van der Waals surface area contributed by atoms with Crippen LogP contribution in [0.15, 0.2) is 58.7 Å². The van der Waals surface area contributed by atoms with Gasteiger partial charge in [0.2, 0.25) is 5.89 Å². The van der Waals surface area contributed by atoms with E-state index in [-0.39, 0.29) is 12.5 Å². The second-order valence-electron chi connectivity index (χ2n) is 5.56. The number of nitrogens with zero attached hydrogens (tertiary/aromatic N) is 3. The minimum Gasteiger partial charge on any atom is -0.345 e. The number of carbonyl (C=O) groups excluding carboxylic acids is 1. The first-order valence-electron chi connectivity index (χ1n) is 8.00. The third-order valence-corrected chi connectivity index (χ3v) is 4.60. The van der Waals surface area contributed by atoms with Gasteiger partial charge < -0.3 is 14.8 Å². The summed E-state index contributed by atoms with van der Waals surface area (Å²) in [6.45, 7) is 0.182. The fraction of sp³-hybridized carbons (Fsp3) is 0.111. The zero-order valence-electron chi connectivity index (χ0n) is 13.7. The van der Waals surface area contributed by atoms with Crippen LogP contribution in [0.1, 0.15) is 27.0 Å². The molecule has 0 radical (unpaired) electrons. The number of aromatic nitrogens is 4. The van der Waals surface area contributed by atoms with Gasteiger partial charge in [0.25, 0.3) is 5.91 Å². The summed E-state index contributed by atoms with van der Waals surface area (Å²) in [4.78, 5) is 25.1. The van der Waals surface area contributed by atoms with Crippen LogP contribution in [0, 0.1) is 0 Å². The summed E-state index contributed by atoms with van der Waals surface area (Å²) in [6, 6.07) is 11.2. The lowest BCUT2D eigenvalue weighted by Gasteiger charge is -2.04. The zero-order valence-corrected chi connectivity index (χ0v) is 14.5. The summed E-state index contributed by atoms with van der Waals surface area (Å²) >= 11 is 1.64. The van der Waals surface area contributed by atoms with Gasteiger partial charge in [0.1, 0.15) is 5.82 Å². The molecule has 8 heteroatoms. The minimum absolute atomic E-state index is 0.182. The van der Waals surface area contributed by atoms with Gasteiger partial charge in [-0.15, -0.1) is 11.3 Å². The molecule has 7 nitrogen and oxygen atoms in total. The maximum absolute atomic E-state index is 12.4. The molecule has 1 amide bonds. The quantitative estimate of drug-likeness (QED) is 0.547. The van der Waals surface area contributed by atoms with E-state index in [1.54, 1.807) is 35.9 Å². The Morgan fingerprint density at radius 1 is 1.27 bits per heavy atom. The first-order chi connectivity index (χ1) is 12.8. The molecule has 130 valence electrons. The average Bonchev–Trinajstić information content (AvgIpc) is 3.43. The van der Waals surface area contributed by atoms with E-state index in [9.17, 15) is 4.79 Å². The molecule has 0 saturated heterocycles. The van der Waals surface area contributed by atoms with Crippen LogP contribution >= 0.6 is 11.3 Å². The number of aromatic amines is 1. The monoisotopic (exact) mass is 365 g/mol. The first-order valence-corrected chi connectivity index (χ1v) is 8.88. The van der Waals surface area contributed by atoms with Crippen LogP contribution in [0.3, 0.4) is 0 Å². The second kappa shape index (κ2) is 7.32. The normalized spacial score (nSPS) is 10.8. The van der Waals surface area contributed by atoms with Crippen molar-refractivity contribution in [3.05, 3.63) is 76.3 Å². The molecule has 4 aromatic rings. The summed E-state index contributed by atoms with van der Waals surface area (Å²) < 4.78 is 5.20. The molecule has 0 unspecified atom stereocenters. The summed E-state index contributed by atoms with van der Waals surface area (Å²) in [5, 5.41) is 8.75. The molecule has 0 fully saturated rings. The molecule has 0 atom stereocenters. The van der Waals surface area contributed by atoms with Crippen molar-refractivity contribution in [1.82, 2.24) is 25.4 Å². The first kappa shape index (κ1) is 16.2. The van der Waals surface area contributed by atoms with E-state index in [4.69, 9.17) is 4.52 Å². The van der Waals surface area contributed by atoms with E-state index < -0.39 is 0 Å². The second-order valence-corrected chi connectivity index (χ2v) is 6.59. The topological polar surface area (TPSA) is 96.7 Å². The highest BCUT2D eigenvalue weighted by Crippen LogP contribution is 2.16. The van der Waals surface area contributed by atoms with E-state index in [0.29, 0.717) is 23.7 Å². The molecule has 0 aliphatic carbocycles. The maximum atomic E-state index is 12.4. The Kier molecular flexibility index (Phi) is 4.57. The number of nitrogens with one attached hydrogen (secondary N) is 2. The largest absolute Gasteiger partial charge is 0.345 e. The van der Waals surface area contributed by atoms with Crippen molar-refractivity contribution >= 4 is 17.2 Å². The Bertz CT molecular complexity index is 992. The third kappa shape index (κ3) is 3.70. The van der Waals surface area contributed by atoms with E-state index in [0.717, 1.165) is 16.3 Å². The number of benzene rings is 1. The van der Waals surface area contributed by atoms with Gasteiger partial charge in [-0.25, -0.2) is 4.98 Å². The molecule has 0 spiro atoms. The predicted molar refractivity (Wildman–Crippen MR) is 96.6 cm³/mol. The highest BCUT2D eigenvalue weighted by molar-refractivity contribution is 7.09. The van der Waals surface area contributed by atoms with Crippen molar-refractivity contribution in [2.75, 3.05) is 0 Å². The highest BCUT2D eigenvalue weighted by Gasteiger charge is 2.11. The molecule has 26 heavy (non-hydrogen) atoms. The highest BCUT2D eigenvalue weighted by atomic mass is 32.1. The van der Waals surface area contributed by atoms with Gasteiger partial charge in [-0.1, -0.05) is 23.4 Å². The molecule has 2 N–H and O–H groups in total. The van der Waals surface area contributed by atoms with Gasteiger partial charge in [-0.3, -0.25) is 4.79 Å². The molecule has 0 saturated carbocycles. The van der Waals surface area contributed by atoms with Gasteiger partial charge in [0, 0.05) is 34.8 Å². The Hall–Kier alpha value is -3.26. The summed E-state index contributed by atoms with van der Waals surface area (Å²) in [7, 11) is 0. The van der Waals surface area contributed by atoms with E-state index >= 15 is 0 Å². The van der Waals surface area contributed by atoms with E-state index in [1.165, 1.54) is 0 Å². The summed E-state index contributed by atoms with van der Waals surface area (Å²) in [5.74, 6) is 1.50. The van der Waals surface area contributed by atoms with Crippen LogP contribution in [0.5, 0.6) is 0 Å². The molecule has 4 rings (SSSR count). The van der Waals surface area contributed by atoms with Gasteiger partial charge in [-0.2, -0.15) is 4.98 Å². The fourth-order valence-corrected chi connectivity index (χ4v) is 3.19. The van der Waals surface area contributed by atoms with Crippen LogP contribution in [0.25, 0.3) is 11.4 Å². The number of H-pyrrole nitrogens is 1. The predicted octanol–water partition coefficient (Wildman–Crippen LogP) is 3.04. The van der Waals surface area contributed by atoms with Gasteiger partial charge in [0.15, 0.2) is 5.82 Å². The van der Waals surface area contributed by atoms with Gasteiger partial charge >= 0.3 is 0 Å². The maximum Gasteiger partial charge on any atom is 0.251 e. The molecular formula is C18H15N5O2S.